The number of hydrogen-bond donors (Lipinski definition) is 0. The van der Waals surface area contributed by atoms with Crippen LogP contribution in [0.5, 0.6) is 5.75 Å². The molecule has 0 radical (unpaired) electrons. The average molecular weight is 345 g/mol. The lowest BCUT2D eigenvalue weighted by atomic mass is 10.2. The highest BCUT2D eigenvalue weighted by molar-refractivity contribution is 7.92. The van der Waals surface area contributed by atoms with Gasteiger partial charge in [0.1, 0.15) is 5.75 Å². The number of benzene rings is 2. The molecule has 23 heavy (non-hydrogen) atoms. The molecule has 0 heterocycles. The maximum absolute atomic E-state index is 12.8. The first kappa shape index (κ1) is 17.1. The van der Waals surface area contributed by atoms with Crippen molar-refractivity contribution < 1.29 is 26.3 Å². The Morgan fingerprint density at radius 3 is 2.17 bits per heavy atom. The summed E-state index contributed by atoms with van der Waals surface area (Å²) in [6, 6.07) is 9.74. The SMILES string of the molecule is COc1ccc(S(=O)(=O)N(C)c2cccc(C(F)(F)F)c2)cc1. The Morgan fingerprint density at radius 2 is 1.65 bits per heavy atom. The molecule has 0 bridgehead atoms. The van der Waals surface area contributed by atoms with Crippen LogP contribution in [0.4, 0.5) is 18.9 Å². The first-order valence-corrected chi connectivity index (χ1v) is 7.90. The molecule has 2 rings (SSSR count). The third kappa shape index (κ3) is 3.58. The average Bonchev–Trinajstić information content (AvgIpc) is 2.53. The fourth-order valence-corrected chi connectivity index (χ4v) is 3.11. The number of sulfonamides is 1. The van der Waals surface area contributed by atoms with Crippen LogP contribution in [0, 0.1) is 0 Å². The zero-order valence-electron chi connectivity index (χ0n) is 12.3. The van der Waals surface area contributed by atoms with Gasteiger partial charge >= 0.3 is 6.18 Å². The number of halogens is 3. The van der Waals surface area contributed by atoms with E-state index >= 15 is 0 Å². The molecule has 0 N–H and O–H groups in total. The summed E-state index contributed by atoms with van der Waals surface area (Å²) in [4.78, 5) is -0.0433. The summed E-state index contributed by atoms with van der Waals surface area (Å²) in [5, 5.41) is 0. The molecule has 0 spiro atoms. The minimum atomic E-state index is -4.54. The van der Waals surface area contributed by atoms with Gasteiger partial charge in [0.2, 0.25) is 0 Å². The van der Waals surface area contributed by atoms with Crippen molar-refractivity contribution in [2.75, 3.05) is 18.5 Å². The number of hydrogen-bond acceptors (Lipinski definition) is 3. The molecule has 0 saturated heterocycles. The maximum atomic E-state index is 12.8. The van der Waals surface area contributed by atoms with Crippen molar-refractivity contribution in [2.45, 2.75) is 11.1 Å². The van der Waals surface area contributed by atoms with E-state index in [2.05, 4.69) is 0 Å². The van der Waals surface area contributed by atoms with Gasteiger partial charge in [-0.05, 0) is 42.5 Å². The van der Waals surface area contributed by atoms with E-state index in [4.69, 9.17) is 4.74 Å². The molecule has 8 heteroatoms. The van der Waals surface area contributed by atoms with E-state index < -0.39 is 21.8 Å². The molecular weight excluding hydrogens is 331 g/mol. The molecule has 0 amide bonds. The highest BCUT2D eigenvalue weighted by Crippen LogP contribution is 2.32. The predicted molar refractivity (Wildman–Crippen MR) is 80.0 cm³/mol. The Morgan fingerprint density at radius 1 is 1.04 bits per heavy atom. The number of anilines is 1. The summed E-state index contributed by atoms with van der Waals surface area (Å²) >= 11 is 0. The second-order valence-corrected chi connectivity index (χ2v) is 6.67. The van der Waals surface area contributed by atoms with Crippen molar-refractivity contribution in [1.29, 1.82) is 0 Å². The van der Waals surface area contributed by atoms with Gasteiger partial charge in [-0.3, -0.25) is 4.31 Å². The number of alkyl halides is 3. The van der Waals surface area contributed by atoms with Crippen LogP contribution in [-0.4, -0.2) is 22.6 Å². The van der Waals surface area contributed by atoms with Crippen molar-refractivity contribution >= 4 is 15.7 Å². The van der Waals surface area contributed by atoms with Gasteiger partial charge in [0, 0.05) is 7.05 Å². The Kier molecular flexibility index (Phi) is 4.56. The first-order chi connectivity index (χ1) is 10.7. The third-order valence-corrected chi connectivity index (χ3v) is 5.05. The third-order valence-electron chi connectivity index (χ3n) is 3.25. The van der Waals surface area contributed by atoms with Crippen LogP contribution in [0.1, 0.15) is 5.56 Å². The molecule has 0 aliphatic carbocycles. The second kappa shape index (κ2) is 6.11. The highest BCUT2D eigenvalue weighted by Gasteiger charge is 2.31. The van der Waals surface area contributed by atoms with E-state index in [0.29, 0.717) is 5.75 Å². The highest BCUT2D eigenvalue weighted by atomic mass is 32.2. The zero-order chi connectivity index (χ0) is 17.3. The van der Waals surface area contributed by atoms with E-state index in [0.717, 1.165) is 22.5 Å². The van der Waals surface area contributed by atoms with Crippen molar-refractivity contribution in [3.63, 3.8) is 0 Å². The molecular formula is C15H14F3NO3S. The fourth-order valence-electron chi connectivity index (χ4n) is 1.92. The molecule has 0 aromatic heterocycles. The van der Waals surface area contributed by atoms with Crippen molar-refractivity contribution in [3.05, 3.63) is 54.1 Å². The van der Waals surface area contributed by atoms with Gasteiger partial charge in [-0.1, -0.05) is 6.07 Å². The Labute approximate surface area is 132 Å². The quantitative estimate of drug-likeness (QED) is 0.851. The number of ether oxygens (including phenoxy) is 1. The standard InChI is InChI=1S/C15H14F3NO3S/c1-19(12-5-3-4-11(10-12)15(16,17)18)23(20,21)14-8-6-13(22-2)7-9-14/h3-10H,1-2H3. The normalized spacial score (nSPS) is 12.0. The fraction of sp³-hybridized carbons (Fsp3) is 0.200. The topological polar surface area (TPSA) is 46.6 Å². The van der Waals surface area contributed by atoms with Crippen LogP contribution in [0.3, 0.4) is 0 Å². The van der Waals surface area contributed by atoms with Crippen LogP contribution in [0.2, 0.25) is 0 Å². The van der Waals surface area contributed by atoms with Gasteiger partial charge in [-0.25, -0.2) is 8.42 Å². The molecule has 2 aromatic rings. The number of rotatable bonds is 4. The van der Waals surface area contributed by atoms with E-state index in [-0.39, 0.29) is 10.6 Å². The van der Waals surface area contributed by atoms with Crippen LogP contribution in [0.25, 0.3) is 0 Å². The Hall–Kier alpha value is -2.22. The Bertz CT molecular complexity index is 786. The van der Waals surface area contributed by atoms with Crippen LogP contribution in [0.15, 0.2) is 53.4 Å². The predicted octanol–water partition coefficient (Wildman–Crippen LogP) is 3.54. The summed E-state index contributed by atoms with van der Waals surface area (Å²) in [6.07, 6.45) is -4.54. The summed E-state index contributed by atoms with van der Waals surface area (Å²) in [7, 11) is -1.32. The molecule has 4 nitrogen and oxygen atoms in total. The summed E-state index contributed by atoms with van der Waals surface area (Å²) in [5.41, 5.74) is -0.984. The Balaban J connectivity index is 2.40. The van der Waals surface area contributed by atoms with E-state index in [1.54, 1.807) is 0 Å². The second-order valence-electron chi connectivity index (χ2n) is 4.70. The summed E-state index contributed by atoms with van der Waals surface area (Å²) < 4.78 is 69.0. The van der Waals surface area contributed by atoms with Crippen molar-refractivity contribution in [2.24, 2.45) is 0 Å². The monoisotopic (exact) mass is 345 g/mol. The number of nitrogens with zero attached hydrogens (tertiary/aromatic N) is 1. The summed E-state index contributed by atoms with van der Waals surface area (Å²) in [5.74, 6) is 0.477. The van der Waals surface area contributed by atoms with Crippen LogP contribution < -0.4 is 9.04 Å². The zero-order valence-corrected chi connectivity index (χ0v) is 13.1. The largest absolute Gasteiger partial charge is 0.497 e. The molecule has 0 aliphatic heterocycles. The van der Waals surface area contributed by atoms with E-state index in [1.807, 2.05) is 0 Å². The lowest BCUT2D eigenvalue weighted by Crippen LogP contribution is -2.26. The minimum Gasteiger partial charge on any atom is -0.497 e. The van der Waals surface area contributed by atoms with Crippen molar-refractivity contribution in [3.8, 4) is 5.75 Å². The van der Waals surface area contributed by atoms with Gasteiger partial charge in [0.15, 0.2) is 0 Å². The molecule has 0 saturated carbocycles. The van der Waals surface area contributed by atoms with Gasteiger partial charge in [-0.2, -0.15) is 13.2 Å². The van der Waals surface area contributed by atoms with Crippen LogP contribution >= 0.6 is 0 Å². The molecule has 0 atom stereocenters. The maximum Gasteiger partial charge on any atom is 0.416 e. The van der Waals surface area contributed by atoms with Gasteiger partial charge < -0.3 is 4.74 Å². The minimum absolute atomic E-state index is 0.0433. The molecule has 0 aliphatic rings. The molecule has 2 aromatic carbocycles. The molecule has 0 unspecified atom stereocenters. The van der Waals surface area contributed by atoms with E-state index in [9.17, 15) is 21.6 Å². The number of methoxy groups -OCH3 is 1. The van der Waals surface area contributed by atoms with Crippen LogP contribution in [-0.2, 0) is 16.2 Å². The molecule has 0 fully saturated rings. The smallest absolute Gasteiger partial charge is 0.416 e. The van der Waals surface area contributed by atoms with Gasteiger partial charge in [-0.15, -0.1) is 0 Å². The molecule has 124 valence electrons. The van der Waals surface area contributed by atoms with Crippen molar-refractivity contribution in [1.82, 2.24) is 0 Å². The lowest BCUT2D eigenvalue weighted by molar-refractivity contribution is -0.137. The lowest BCUT2D eigenvalue weighted by Gasteiger charge is -2.20. The van der Waals surface area contributed by atoms with Gasteiger partial charge in [0.05, 0.1) is 23.3 Å². The van der Waals surface area contributed by atoms with E-state index in [1.165, 1.54) is 44.5 Å². The van der Waals surface area contributed by atoms with Gasteiger partial charge in [0.25, 0.3) is 10.0 Å². The summed E-state index contributed by atoms with van der Waals surface area (Å²) in [6.45, 7) is 0. The first-order valence-electron chi connectivity index (χ1n) is 6.46.